The van der Waals surface area contributed by atoms with Crippen LogP contribution in [0.25, 0.3) is 23.3 Å². The lowest BCUT2D eigenvalue weighted by Crippen LogP contribution is -2.09. The standard InChI is InChI=1S/C29H21Br2N/c30-25-10-16-28(17-11-25)32(29-18-12-26(31)13-19-29)27-14-8-22(9-15-27)24-7-6-21-4-2-1-3-5-23(21)20-24/h2-20H,1H2. The Labute approximate surface area is 206 Å². The molecule has 0 atom stereocenters. The largest absolute Gasteiger partial charge is 0.311 e. The molecule has 0 radical (unpaired) electrons. The highest BCUT2D eigenvalue weighted by atomic mass is 79.9. The Balaban J connectivity index is 1.52. The Kier molecular flexibility index (Phi) is 6.11. The number of halogens is 2. The Morgan fingerprint density at radius 3 is 1.53 bits per heavy atom. The van der Waals surface area contributed by atoms with Crippen LogP contribution in [0.15, 0.2) is 112 Å². The third-order valence-corrected chi connectivity index (χ3v) is 6.64. The molecule has 0 unspecified atom stereocenters. The summed E-state index contributed by atoms with van der Waals surface area (Å²) in [6, 6.07) is 32.3. The van der Waals surface area contributed by atoms with Crippen molar-refractivity contribution in [2.24, 2.45) is 0 Å². The van der Waals surface area contributed by atoms with Gasteiger partial charge in [-0.2, -0.15) is 0 Å². The molecule has 1 nitrogen and oxygen atoms in total. The molecular formula is C29H21Br2N. The zero-order valence-electron chi connectivity index (χ0n) is 17.4. The fourth-order valence-electron chi connectivity index (χ4n) is 3.95. The maximum absolute atomic E-state index is 3.55. The Morgan fingerprint density at radius 2 is 0.969 bits per heavy atom. The quantitative estimate of drug-likeness (QED) is 0.248. The van der Waals surface area contributed by atoms with E-state index in [1.807, 2.05) is 0 Å². The van der Waals surface area contributed by atoms with E-state index >= 15 is 0 Å². The van der Waals surface area contributed by atoms with E-state index in [0.717, 1.165) is 32.4 Å². The first-order valence-electron chi connectivity index (χ1n) is 10.6. The zero-order chi connectivity index (χ0) is 21.9. The molecule has 0 bridgehead atoms. The van der Waals surface area contributed by atoms with E-state index < -0.39 is 0 Å². The first kappa shape index (κ1) is 21.0. The Morgan fingerprint density at radius 1 is 0.500 bits per heavy atom. The van der Waals surface area contributed by atoms with Crippen molar-refractivity contribution in [3.63, 3.8) is 0 Å². The van der Waals surface area contributed by atoms with Gasteiger partial charge in [0, 0.05) is 26.0 Å². The van der Waals surface area contributed by atoms with E-state index in [-0.39, 0.29) is 0 Å². The zero-order valence-corrected chi connectivity index (χ0v) is 20.6. The lowest BCUT2D eigenvalue weighted by atomic mass is 9.98. The van der Waals surface area contributed by atoms with Crippen molar-refractivity contribution in [1.29, 1.82) is 0 Å². The van der Waals surface area contributed by atoms with Gasteiger partial charge in [-0.25, -0.2) is 0 Å². The number of fused-ring (bicyclic) bond motifs is 1. The van der Waals surface area contributed by atoms with Gasteiger partial charge >= 0.3 is 0 Å². The van der Waals surface area contributed by atoms with Gasteiger partial charge in [-0.05, 0) is 95.4 Å². The van der Waals surface area contributed by atoms with E-state index in [1.54, 1.807) is 0 Å². The van der Waals surface area contributed by atoms with Crippen LogP contribution in [0.2, 0.25) is 0 Å². The number of anilines is 3. The normalized spacial score (nSPS) is 12.3. The fourth-order valence-corrected chi connectivity index (χ4v) is 4.48. The SMILES string of the molecule is Brc1ccc(N(c2ccc(Br)cc2)c2ccc(-c3ccc4c(c3)C=CCC=C4)cc2)cc1. The monoisotopic (exact) mass is 541 g/mol. The highest BCUT2D eigenvalue weighted by Gasteiger charge is 2.13. The molecule has 5 rings (SSSR count). The second-order valence-electron chi connectivity index (χ2n) is 7.72. The maximum Gasteiger partial charge on any atom is 0.0462 e. The van der Waals surface area contributed by atoms with Crippen LogP contribution in [0, 0.1) is 0 Å². The molecule has 0 N–H and O–H groups in total. The summed E-state index contributed by atoms with van der Waals surface area (Å²) in [5.74, 6) is 0. The third kappa shape index (κ3) is 4.50. The first-order valence-corrected chi connectivity index (χ1v) is 12.1. The second kappa shape index (κ2) is 9.32. The van der Waals surface area contributed by atoms with E-state index in [1.165, 1.54) is 22.3 Å². The molecule has 0 heterocycles. The van der Waals surface area contributed by atoms with Crippen molar-refractivity contribution in [2.45, 2.75) is 6.42 Å². The average molecular weight is 543 g/mol. The van der Waals surface area contributed by atoms with Crippen molar-refractivity contribution in [3.05, 3.63) is 123 Å². The van der Waals surface area contributed by atoms with E-state index in [4.69, 9.17) is 0 Å². The number of allylic oxidation sites excluding steroid dienone is 2. The number of rotatable bonds is 4. The Bertz CT molecular complexity index is 1240. The van der Waals surface area contributed by atoms with Crippen LogP contribution in [-0.4, -0.2) is 0 Å². The smallest absolute Gasteiger partial charge is 0.0462 e. The number of hydrogen-bond donors (Lipinski definition) is 0. The molecule has 0 aliphatic heterocycles. The molecule has 0 saturated heterocycles. The maximum atomic E-state index is 3.55. The summed E-state index contributed by atoms with van der Waals surface area (Å²) < 4.78 is 2.14. The molecule has 3 heteroatoms. The van der Waals surface area contributed by atoms with Gasteiger partial charge in [0.1, 0.15) is 0 Å². The summed E-state index contributed by atoms with van der Waals surface area (Å²) in [6.07, 6.45) is 9.83. The van der Waals surface area contributed by atoms with Crippen LogP contribution < -0.4 is 4.90 Å². The van der Waals surface area contributed by atoms with Crippen molar-refractivity contribution < 1.29 is 0 Å². The number of benzene rings is 4. The molecule has 1 aliphatic rings. The molecule has 4 aromatic carbocycles. The molecule has 0 amide bonds. The highest BCUT2D eigenvalue weighted by Crippen LogP contribution is 2.37. The summed E-state index contributed by atoms with van der Waals surface area (Å²) in [7, 11) is 0. The van der Waals surface area contributed by atoms with Gasteiger partial charge < -0.3 is 4.90 Å². The minimum atomic E-state index is 0.987. The van der Waals surface area contributed by atoms with Gasteiger partial charge in [0.25, 0.3) is 0 Å². The van der Waals surface area contributed by atoms with Gasteiger partial charge in [0.15, 0.2) is 0 Å². The van der Waals surface area contributed by atoms with E-state index in [2.05, 4.69) is 152 Å². The van der Waals surface area contributed by atoms with Gasteiger partial charge in [0.2, 0.25) is 0 Å². The lowest BCUT2D eigenvalue weighted by molar-refractivity contribution is 1.28. The van der Waals surface area contributed by atoms with E-state index in [0.29, 0.717) is 0 Å². The van der Waals surface area contributed by atoms with Crippen molar-refractivity contribution in [1.82, 2.24) is 0 Å². The van der Waals surface area contributed by atoms with Crippen LogP contribution >= 0.6 is 31.9 Å². The summed E-state index contributed by atoms with van der Waals surface area (Å²) in [5.41, 5.74) is 8.34. The fraction of sp³-hybridized carbons (Fsp3) is 0.0345. The molecule has 0 saturated carbocycles. The first-order chi connectivity index (χ1) is 15.7. The topological polar surface area (TPSA) is 3.24 Å². The predicted molar refractivity (Wildman–Crippen MR) is 145 cm³/mol. The third-order valence-electron chi connectivity index (χ3n) is 5.58. The van der Waals surface area contributed by atoms with Crippen LogP contribution in [0.3, 0.4) is 0 Å². The molecule has 4 aromatic rings. The van der Waals surface area contributed by atoms with Crippen molar-refractivity contribution >= 4 is 61.1 Å². The molecule has 0 aromatic heterocycles. The summed E-state index contributed by atoms with van der Waals surface area (Å²) in [6.45, 7) is 0. The Hall–Kier alpha value is -2.88. The molecule has 32 heavy (non-hydrogen) atoms. The minimum absolute atomic E-state index is 0.987. The van der Waals surface area contributed by atoms with Crippen molar-refractivity contribution in [2.75, 3.05) is 4.90 Å². The second-order valence-corrected chi connectivity index (χ2v) is 9.55. The summed E-state index contributed by atoms with van der Waals surface area (Å²) in [5, 5.41) is 0. The van der Waals surface area contributed by atoms with E-state index in [9.17, 15) is 0 Å². The molecule has 0 spiro atoms. The van der Waals surface area contributed by atoms with Gasteiger partial charge in [-0.15, -0.1) is 0 Å². The summed E-state index contributed by atoms with van der Waals surface area (Å²) in [4.78, 5) is 2.27. The van der Waals surface area contributed by atoms with Gasteiger partial charge in [-0.3, -0.25) is 0 Å². The summed E-state index contributed by atoms with van der Waals surface area (Å²) >= 11 is 7.10. The average Bonchev–Trinajstić information content (AvgIpc) is 3.07. The molecule has 0 fully saturated rings. The molecule has 156 valence electrons. The van der Waals surface area contributed by atoms with Crippen molar-refractivity contribution in [3.8, 4) is 11.1 Å². The molecule has 1 aliphatic carbocycles. The van der Waals surface area contributed by atoms with Gasteiger partial charge in [0.05, 0.1) is 0 Å². The highest BCUT2D eigenvalue weighted by molar-refractivity contribution is 9.10. The number of hydrogen-bond acceptors (Lipinski definition) is 1. The predicted octanol–water partition coefficient (Wildman–Crippen LogP) is 9.78. The van der Waals surface area contributed by atoms with Crippen LogP contribution in [0.4, 0.5) is 17.1 Å². The van der Waals surface area contributed by atoms with Crippen LogP contribution in [0.1, 0.15) is 17.5 Å². The minimum Gasteiger partial charge on any atom is -0.311 e. The van der Waals surface area contributed by atoms with Crippen LogP contribution in [-0.2, 0) is 0 Å². The van der Waals surface area contributed by atoms with Gasteiger partial charge in [-0.1, -0.05) is 80.4 Å². The van der Waals surface area contributed by atoms with Crippen LogP contribution in [0.5, 0.6) is 0 Å². The lowest BCUT2D eigenvalue weighted by Gasteiger charge is -2.26. The number of nitrogens with zero attached hydrogens (tertiary/aromatic N) is 1. The molecular weight excluding hydrogens is 522 g/mol.